The minimum atomic E-state index is -3.60. The molecule has 0 heterocycles. The second-order valence-electron chi connectivity index (χ2n) is 10.8. The molecule has 1 aromatic rings. The minimum absolute atomic E-state index is 0.0137. The fourth-order valence-electron chi connectivity index (χ4n) is 4.17. The highest BCUT2D eigenvalue weighted by atomic mass is 32.2. The first kappa shape index (κ1) is 35.6. The number of hydrogen-bond donors (Lipinski definition) is 3. The zero-order chi connectivity index (χ0) is 31.2. The van der Waals surface area contributed by atoms with E-state index in [1.54, 1.807) is 12.1 Å². The fourth-order valence-corrected chi connectivity index (χ4v) is 5.45. The summed E-state index contributed by atoms with van der Waals surface area (Å²) in [6.07, 6.45) is -0.384. The second-order valence-corrected chi connectivity index (χ2v) is 12.9. The number of carbonyl (C=O) groups excluding carboxylic acids is 6. The number of primary amides is 1. The molecule has 0 aliphatic carbocycles. The smallest absolute Gasteiger partial charge is 0.224 e. The van der Waals surface area contributed by atoms with Gasteiger partial charge in [0, 0.05) is 51.0 Å². The Balaban J connectivity index is 2.57. The monoisotopic (exact) mass is 593 g/mol. The summed E-state index contributed by atoms with van der Waals surface area (Å²) in [6, 6.07) is 5.32. The second kappa shape index (κ2) is 17.4. The van der Waals surface area contributed by atoms with Crippen molar-refractivity contribution >= 4 is 44.9 Å². The number of Topliss-reactive ketones (excluding diaryl/α,β-unsaturated/α-hetero) is 3. The van der Waals surface area contributed by atoms with Crippen molar-refractivity contribution in [3.8, 4) is 0 Å². The number of rotatable bonds is 20. The molecule has 0 unspecified atom stereocenters. The van der Waals surface area contributed by atoms with Crippen molar-refractivity contribution in [2.75, 3.05) is 12.3 Å². The molecule has 0 bridgehead atoms. The number of benzene rings is 1. The number of nitrogens with two attached hydrogens (primary N) is 1. The van der Waals surface area contributed by atoms with Crippen LogP contribution >= 0.6 is 0 Å². The van der Waals surface area contributed by atoms with Gasteiger partial charge in [-0.1, -0.05) is 31.5 Å². The van der Waals surface area contributed by atoms with Gasteiger partial charge in [-0.05, 0) is 44.7 Å². The first-order valence-corrected chi connectivity index (χ1v) is 15.4. The highest BCUT2D eigenvalue weighted by Gasteiger charge is 2.27. The molecule has 0 aliphatic heterocycles. The SMILES string of the molecule is CC(=O)C[C@@H](CC(C)C)C(=O)N[C@@H](CCC(N)=O)C(=O)CCC(=O)NCCC(=O)CCS(=O)(=O)c1ccc(C)cc1. The number of ketones is 3. The maximum Gasteiger partial charge on any atom is 0.224 e. The van der Waals surface area contributed by atoms with Gasteiger partial charge < -0.3 is 21.2 Å². The molecule has 2 atom stereocenters. The van der Waals surface area contributed by atoms with E-state index in [0.717, 1.165) is 5.56 Å². The maximum atomic E-state index is 12.8. The number of amides is 3. The van der Waals surface area contributed by atoms with Crippen LogP contribution in [0.25, 0.3) is 0 Å². The molecular weight excluding hydrogens is 550 g/mol. The van der Waals surface area contributed by atoms with E-state index in [1.165, 1.54) is 19.1 Å². The largest absolute Gasteiger partial charge is 0.370 e. The van der Waals surface area contributed by atoms with Gasteiger partial charge in [-0.3, -0.25) is 24.0 Å². The van der Waals surface area contributed by atoms with Gasteiger partial charge in [0.25, 0.3) is 0 Å². The fraction of sp³-hybridized carbons (Fsp3) is 0.586. The van der Waals surface area contributed by atoms with Crippen LogP contribution in [0.15, 0.2) is 29.2 Å². The van der Waals surface area contributed by atoms with Crippen molar-refractivity contribution in [1.82, 2.24) is 10.6 Å². The van der Waals surface area contributed by atoms with Crippen LogP contribution in [-0.4, -0.2) is 61.8 Å². The normalized spacial score (nSPS) is 12.8. The Labute approximate surface area is 242 Å². The Morgan fingerprint density at radius 2 is 1.54 bits per heavy atom. The van der Waals surface area contributed by atoms with Crippen LogP contribution in [0.1, 0.15) is 77.7 Å². The Hall–Kier alpha value is -3.41. The highest BCUT2D eigenvalue weighted by Crippen LogP contribution is 2.18. The molecule has 41 heavy (non-hydrogen) atoms. The summed E-state index contributed by atoms with van der Waals surface area (Å²) in [5.41, 5.74) is 6.13. The van der Waals surface area contributed by atoms with Crippen LogP contribution in [-0.2, 0) is 38.6 Å². The minimum Gasteiger partial charge on any atom is -0.370 e. The molecule has 228 valence electrons. The van der Waals surface area contributed by atoms with Gasteiger partial charge in [-0.2, -0.15) is 0 Å². The average Bonchev–Trinajstić information content (AvgIpc) is 2.87. The van der Waals surface area contributed by atoms with Crippen LogP contribution in [0.3, 0.4) is 0 Å². The zero-order valence-corrected chi connectivity index (χ0v) is 25.2. The molecule has 1 aromatic carbocycles. The summed E-state index contributed by atoms with van der Waals surface area (Å²) >= 11 is 0. The Morgan fingerprint density at radius 1 is 0.902 bits per heavy atom. The van der Waals surface area contributed by atoms with Crippen molar-refractivity contribution in [1.29, 1.82) is 0 Å². The van der Waals surface area contributed by atoms with Crippen molar-refractivity contribution in [2.45, 2.75) is 90.0 Å². The van der Waals surface area contributed by atoms with Crippen molar-refractivity contribution in [2.24, 2.45) is 17.6 Å². The van der Waals surface area contributed by atoms with E-state index in [0.29, 0.717) is 6.42 Å². The molecule has 11 nitrogen and oxygen atoms in total. The molecule has 0 fully saturated rings. The summed E-state index contributed by atoms with van der Waals surface area (Å²) in [5.74, 6) is -3.37. The van der Waals surface area contributed by atoms with Gasteiger partial charge in [0.2, 0.25) is 17.7 Å². The summed E-state index contributed by atoms with van der Waals surface area (Å²) in [4.78, 5) is 73.2. The summed E-state index contributed by atoms with van der Waals surface area (Å²) < 4.78 is 24.8. The number of nitrogens with one attached hydrogen (secondary N) is 2. The maximum absolute atomic E-state index is 12.8. The van der Waals surface area contributed by atoms with E-state index in [1.807, 2.05) is 20.8 Å². The van der Waals surface area contributed by atoms with Gasteiger partial charge in [0.05, 0.1) is 16.7 Å². The number of aryl methyl sites for hydroxylation is 1. The molecule has 0 aromatic heterocycles. The summed E-state index contributed by atoms with van der Waals surface area (Å²) in [5, 5.41) is 5.17. The van der Waals surface area contributed by atoms with Gasteiger partial charge in [0.1, 0.15) is 11.6 Å². The topological polar surface area (TPSA) is 187 Å². The predicted octanol–water partition coefficient (Wildman–Crippen LogP) is 1.98. The van der Waals surface area contributed by atoms with Gasteiger partial charge >= 0.3 is 0 Å². The molecule has 0 saturated carbocycles. The van der Waals surface area contributed by atoms with Gasteiger partial charge in [-0.25, -0.2) is 8.42 Å². The summed E-state index contributed by atoms with van der Waals surface area (Å²) in [7, 11) is -3.60. The van der Waals surface area contributed by atoms with E-state index in [9.17, 15) is 37.2 Å². The summed E-state index contributed by atoms with van der Waals surface area (Å²) in [6.45, 7) is 7.04. The lowest BCUT2D eigenvalue weighted by Crippen LogP contribution is -2.45. The first-order chi connectivity index (χ1) is 19.1. The average molecular weight is 594 g/mol. The molecule has 12 heteroatoms. The van der Waals surface area contributed by atoms with Crippen molar-refractivity contribution in [3.63, 3.8) is 0 Å². The Kier molecular flexibility index (Phi) is 15.1. The van der Waals surface area contributed by atoms with Crippen LogP contribution in [0, 0.1) is 18.8 Å². The number of sulfone groups is 1. The number of carbonyl (C=O) groups is 6. The van der Waals surface area contributed by atoms with Crippen molar-refractivity contribution in [3.05, 3.63) is 29.8 Å². The van der Waals surface area contributed by atoms with E-state index >= 15 is 0 Å². The van der Waals surface area contributed by atoms with Gasteiger partial charge in [-0.15, -0.1) is 0 Å². The predicted molar refractivity (Wildman–Crippen MR) is 153 cm³/mol. The zero-order valence-electron chi connectivity index (χ0n) is 24.4. The molecule has 0 spiro atoms. The lowest BCUT2D eigenvalue weighted by molar-refractivity contribution is -0.133. The molecule has 1 rings (SSSR count). The Bertz CT molecular complexity index is 1190. The van der Waals surface area contributed by atoms with Crippen LogP contribution < -0.4 is 16.4 Å². The van der Waals surface area contributed by atoms with Gasteiger partial charge in [0.15, 0.2) is 15.6 Å². The van der Waals surface area contributed by atoms with Crippen molar-refractivity contribution < 1.29 is 37.2 Å². The molecule has 0 radical (unpaired) electrons. The number of hydrogen-bond acceptors (Lipinski definition) is 8. The lowest BCUT2D eigenvalue weighted by Gasteiger charge is -2.22. The molecule has 4 N–H and O–H groups in total. The van der Waals surface area contributed by atoms with Crippen LogP contribution in [0.5, 0.6) is 0 Å². The van der Waals surface area contributed by atoms with E-state index in [-0.39, 0.29) is 79.6 Å². The third-order valence-electron chi connectivity index (χ3n) is 6.40. The highest BCUT2D eigenvalue weighted by molar-refractivity contribution is 7.91. The standard InChI is InChI=1S/C29H43N3O8S/c1-19(2)17-22(18-21(4)33)29(38)32-25(9-11-27(30)36)26(35)10-12-28(37)31-15-13-23(34)14-16-41(39,40)24-7-5-20(3)6-8-24/h5-8,19,22,25H,9-18H2,1-4H3,(H2,30,36)(H,31,37)(H,32,38)/t22-,25+/m1/s1. The first-order valence-electron chi connectivity index (χ1n) is 13.8. The molecule has 3 amide bonds. The third kappa shape index (κ3) is 14.7. The van der Waals surface area contributed by atoms with Crippen LogP contribution in [0.2, 0.25) is 0 Å². The quantitative estimate of drug-likeness (QED) is 0.205. The van der Waals surface area contributed by atoms with E-state index < -0.39 is 45.3 Å². The third-order valence-corrected chi connectivity index (χ3v) is 8.13. The molecule has 0 aliphatic rings. The molecule has 0 saturated heterocycles. The Morgan fingerprint density at radius 3 is 2.10 bits per heavy atom. The van der Waals surface area contributed by atoms with E-state index in [4.69, 9.17) is 5.73 Å². The van der Waals surface area contributed by atoms with Crippen LogP contribution in [0.4, 0.5) is 0 Å². The lowest BCUT2D eigenvalue weighted by atomic mass is 9.91. The van der Waals surface area contributed by atoms with E-state index in [2.05, 4.69) is 10.6 Å². The molecular formula is C29H43N3O8S.